The third kappa shape index (κ3) is 3.97. The van der Waals surface area contributed by atoms with Crippen LogP contribution >= 0.6 is 11.6 Å². The molecule has 0 saturated carbocycles. The zero-order valence-electron chi connectivity index (χ0n) is 9.79. The van der Waals surface area contributed by atoms with Crippen LogP contribution in [0.25, 0.3) is 0 Å². The van der Waals surface area contributed by atoms with Crippen LogP contribution in [-0.4, -0.2) is 11.7 Å². The first-order valence-electron chi connectivity index (χ1n) is 5.94. The van der Waals surface area contributed by atoms with Gasteiger partial charge in [-0.2, -0.15) is 0 Å². The third-order valence-electron chi connectivity index (χ3n) is 2.79. The monoisotopic (exact) mass is 238 g/mol. The molecule has 1 aromatic carbocycles. The molecule has 2 heteroatoms. The molecule has 88 valence electrons. The van der Waals surface area contributed by atoms with Crippen LogP contribution < -0.4 is 0 Å². The summed E-state index contributed by atoms with van der Waals surface area (Å²) in [7, 11) is 0. The fraction of sp³-hybridized carbons (Fsp3) is 0.500. The van der Waals surface area contributed by atoms with Gasteiger partial charge in [0.25, 0.3) is 0 Å². The number of ketones is 1. The minimum absolute atomic E-state index is 0.0971. The molecule has 0 spiro atoms. The molecular formula is C14H19ClO. The second-order valence-electron chi connectivity index (χ2n) is 4.05. The Bertz CT molecular complexity index is 308. The van der Waals surface area contributed by atoms with Crippen LogP contribution in [0, 0.1) is 5.92 Å². The topological polar surface area (TPSA) is 17.1 Å². The average molecular weight is 239 g/mol. The van der Waals surface area contributed by atoms with Crippen LogP contribution in [0.1, 0.15) is 43.0 Å². The second kappa shape index (κ2) is 7.45. The zero-order chi connectivity index (χ0) is 11.8. The van der Waals surface area contributed by atoms with Gasteiger partial charge in [0.1, 0.15) is 0 Å². The number of hydrogen-bond acceptors (Lipinski definition) is 1. The third-order valence-corrected chi connectivity index (χ3v) is 3.01. The molecule has 0 aliphatic carbocycles. The molecule has 0 amide bonds. The Kier molecular flexibility index (Phi) is 6.17. The number of Topliss-reactive ketones (excluding diaryl/α,β-unsaturated/α-hetero) is 1. The van der Waals surface area contributed by atoms with Crippen molar-refractivity contribution in [1.29, 1.82) is 0 Å². The molecule has 1 aromatic rings. The standard InChI is InChI=1S/C14H19ClO/c1-2-3-7-13(10-11-15)14(16)12-8-5-4-6-9-12/h4-6,8-9,13H,2-3,7,10-11H2,1H3. The number of rotatable bonds is 7. The Morgan fingerprint density at radius 2 is 1.94 bits per heavy atom. The van der Waals surface area contributed by atoms with Gasteiger partial charge in [0, 0.05) is 17.4 Å². The summed E-state index contributed by atoms with van der Waals surface area (Å²) in [6, 6.07) is 9.51. The van der Waals surface area contributed by atoms with Gasteiger partial charge in [0.05, 0.1) is 0 Å². The number of carbonyl (C=O) groups is 1. The van der Waals surface area contributed by atoms with E-state index in [1.807, 2.05) is 30.3 Å². The van der Waals surface area contributed by atoms with E-state index >= 15 is 0 Å². The lowest BCUT2D eigenvalue weighted by Gasteiger charge is -2.13. The van der Waals surface area contributed by atoms with Gasteiger partial charge in [-0.05, 0) is 12.8 Å². The molecule has 0 heterocycles. The van der Waals surface area contributed by atoms with Crippen molar-refractivity contribution in [2.45, 2.75) is 32.6 Å². The van der Waals surface area contributed by atoms with E-state index in [2.05, 4.69) is 6.92 Å². The summed E-state index contributed by atoms with van der Waals surface area (Å²) in [5, 5.41) is 0. The molecule has 0 radical (unpaired) electrons. The summed E-state index contributed by atoms with van der Waals surface area (Å²) >= 11 is 5.75. The first kappa shape index (κ1) is 13.2. The molecule has 0 N–H and O–H groups in total. The molecular weight excluding hydrogens is 220 g/mol. The van der Waals surface area contributed by atoms with E-state index in [1.54, 1.807) is 0 Å². The maximum Gasteiger partial charge on any atom is 0.165 e. The normalized spacial score (nSPS) is 12.4. The highest BCUT2D eigenvalue weighted by atomic mass is 35.5. The lowest BCUT2D eigenvalue weighted by molar-refractivity contribution is 0.0908. The summed E-state index contributed by atoms with van der Waals surface area (Å²) in [5.41, 5.74) is 0.814. The van der Waals surface area contributed by atoms with E-state index in [0.717, 1.165) is 31.2 Å². The number of alkyl halides is 1. The Morgan fingerprint density at radius 3 is 2.50 bits per heavy atom. The fourth-order valence-corrected chi connectivity index (χ4v) is 2.09. The van der Waals surface area contributed by atoms with Crippen molar-refractivity contribution in [2.75, 3.05) is 5.88 Å². The first-order chi connectivity index (χ1) is 7.79. The van der Waals surface area contributed by atoms with Gasteiger partial charge < -0.3 is 0 Å². The summed E-state index contributed by atoms with van der Waals surface area (Å²) in [6.07, 6.45) is 3.97. The predicted molar refractivity (Wildman–Crippen MR) is 69.1 cm³/mol. The van der Waals surface area contributed by atoms with E-state index in [0.29, 0.717) is 5.88 Å². The number of unbranched alkanes of at least 4 members (excludes halogenated alkanes) is 1. The molecule has 1 nitrogen and oxygen atoms in total. The van der Waals surface area contributed by atoms with Gasteiger partial charge >= 0.3 is 0 Å². The summed E-state index contributed by atoms with van der Waals surface area (Å²) in [6.45, 7) is 2.14. The van der Waals surface area contributed by atoms with Crippen molar-refractivity contribution < 1.29 is 4.79 Å². The highest BCUT2D eigenvalue weighted by Gasteiger charge is 2.18. The Hall–Kier alpha value is -0.820. The molecule has 0 fully saturated rings. The van der Waals surface area contributed by atoms with Crippen molar-refractivity contribution in [2.24, 2.45) is 5.92 Å². The lowest BCUT2D eigenvalue weighted by Crippen LogP contribution is -2.15. The van der Waals surface area contributed by atoms with Crippen molar-refractivity contribution in [1.82, 2.24) is 0 Å². The van der Waals surface area contributed by atoms with Gasteiger partial charge in [0.15, 0.2) is 5.78 Å². The minimum atomic E-state index is 0.0971. The first-order valence-corrected chi connectivity index (χ1v) is 6.48. The van der Waals surface area contributed by atoms with E-state index in [9.17, 15) is 4.79 Å². The quantitative estimate of drug-likeness (QED) is 0.511. The van der Waals surface area contributed by atoms with E-state index in [-0.39, 0.29) is 11.7 Å². The predicted octanol–water partition coefficient (Wildman–Crippen LogP) is 4.30. The maximum absolute atomic E-state index is 12.2. The van der Waals surface area contributed by atoms with Gasteiger partial charge in [-0.3, -0.25) is 4.79 Å². The molecule has 0 aromatic heterocycles. The molecule has 0 aliphatic rings. The van der Waals surface area contributed by atoms with Crippen LogP contribution in [0.4, 0.5) is 0 Å². The molecule has 0 aliphatic heterocycles. The van der Waals surface area contributed by atoms with E-state index in [4.69, 9.17) is 11.6 Å². The minimum Gasteiger partial charge on any atom is -0.294 e. The highest BCUT2D eigenvalue weighted by Crippen LogP contribution is 2.19. The lowest BCUT2D eigenvalue weighted by atomic mass is 9.91. The molecule has 0 saturated heterocycles. The molecule has 16 heavy (non-hydrogen) atoms. The summed E-state index contributed by atoms with van der Waals surface area (Å²) in [4.78, 5) is 12.2. The second-order valence-corrected chi connectivity index (χ2v) is 4.43. The molecule has 1 rings (SSSR count). The number of benzene rings is 1. The molecule has 1 unspecified atom stereocenters. The number of hydrogen-bond donors (Lipinski definition) is 0. The van der Waals surface area contributed by atoms with Gasteiger partial charge in [-0.1, -0.05) is 50.1 Å². The van der Waals surface area contributed by atoms with E-state index in [1.165, 1.54) is 0 Å². The average Bonchev–Trinajstić information content (AvgIpc) is 2.35. The van der Waals surface area contributed by atoms with Crippen LogP contribution in [0.5, 0.6) is 0 Å². The molecule has 1 atom stereocenters. The van der Waals surface area contributed by atoms with Crippen LogP contribution in [0.3, 0.4) is 0 Å². The Balaban J connectivity index is 2.67. The van der Waals surface area contributed by atoms with Gasteiger partial charge in [-0.25, -0.2) is 0 Å². The van der Waals surface area contributed by atoms with Crippen molar-refractivity contribution in [3.8, 4) is 0 Å². The van der Waals surface area contributed by atoms with Crippen LogP contribution in [0.15, 0.2) is 30.3 Å². The summed E-state index contributed by atoms with van der Waals surface area (Å²) in [5.74, 6) is 0.905. The maximum atomic E-state index is 12.2. The summed E-state index contributed by atoms with van der Waals surface area (Å²) < 4.78 is 0. The highest BCUT2D eigenvalue weighted by molar-refractivity contribution is 6.18. The number of halogens is 1. The molecule has 0 bridgehead atoms. The van der Waals surface area contributed by atoms with Crippen molar-refractivity contribution in [3.05, 3.63) is 35.9 Å². The number of carbonyl (C=O) groups excluding carboxylic acids is 1. The van der Waals surface area contributed by atoms with Crippen LogP contribution in [0.2, 0.25) is 0 Å². The zero-order valence-corrected chi connectivity index (χ0v) is 10.5. The largest absolute Gasteiger partial charge is 0.294 e. The van der Waals surface area contributed by atoms with Gasteiger partial charge in [-0.15, -0.1) is 11.6 Å². The SMILES string of the molecule is CCCCC(CCCl)C(=O)c1ccccc1. The smallest absolute Gasteiger partial charge is 0.165 e. The van der Waals surface area contributed by atoms with Crippen LogP contribution in [-0.2, 0) is 0 Å². The van der Waals surface area contributed by atoms with Gasteiger partial charge in [0.2, 0.25) is 0 Å². The Labute approximate surface area is 103 Å². The van der Waals surface area contributed by atoms with E-state index < -0.39 is 0 Å². The fourth-order valence-electron chi connectivity index (χ4n) is 1.83. The van der Waals surface area contributed by atoms with Crippen molar-refractivity contribution >= 4 is 17.4 Å². The Morgan fingerprint density at radius 1 is 1.25 bits per heavy atom. The van der Waals surface area contributed by atoms with Crippen molar-refractivity contribution in [3.63, 3.8) is 0 Å².